The first-order valence-corrected chi connectivity index (χ1v) is 9.27. The average Bonchev–Trinajstić information content (AvgIpc) is 2.62. The van der Waals surface area contributed by atoms with E-state index in [1.54, 1.807) is 0 Å². The molecular formula is C19H33N5O. The molecule has 0 bridgehead atoms. The van der Waals surface area contributed by atoms with Crippen molar-refractivity contribution < 1.29 is 4.74 Å². The van der Waals surface area contributed by atoms with Crippen molar-refractivity contribution in [3.8, 4) is 0 Å². The third-order valence-corrected chi connectivity index (χ3v) is 4.58. The lowest BCUT2D eigenvalue weighted by atomic mass is 10.0. The number of pyridine rings is 1. The van der Waals surface area contributed by atoms with Gasteiger partial charge in [-0.1, -0.05) is 19.9 Å². The summed E-state index contributed by atoms with van der Waals surface area (Å²) < 4.78 is 5.50. The van der Waals surface area contributed by atoms with Crippen molar-refractivity contribution >= 4 is 5.96 Å². The van der Waals surface area contributed by atoms with Crippen LogP contribution in [-0.4, -0.2) is 61.8 Å². The minimum absolute atomic E-state index is 0.499. The van der Waals surface area contributed by atoms with E-state index < -0.39 is 0 Å². The standard InChI is InChI=1S/C19H33N5O/c1-15(2)12-17(24-8-10-25-11-9-24)13-22-19(20-4)23-14-18-16(3)6-5-7-21-18/h5-7,15,17H,8-14H2,1-4H3,(H2,20,22,23). The van der Waals surface area contributed by atoms with Gasteiger partial charge in [-0.2, -0.15) is 0 Å². The van der Waals surface area contributed by atoms with E-state index in [9.17, 15) is 0 Å². The second-order valence-electron chi connectivity index (χ2n) is 7.01. The molecule has 140 valence electrons. The lowest BCUT2D eigenvalue weighted by Gasteiger charge is -2.35. The van der Waals surface area contributed by atoms with E-state index in [0.29, 0.717) is 18.5 Å². The van der Waals surface area contributed by atoms with Gasteiger partial charge in [0.1, 0.15) is 0 Å². The second kappa shape index (κ2) is 10.4. The molecule has 6 nitrogen and oxygen atoms in total. The summed E-state index contributed by atoms with van der Waals surface area (Å²) in [5.74, 6) is 1.49. The van der Waals surface area contributed by atoms with Crippen LogP contribution in [-0.2, 0) is 11.3 Å². The molecular weight excluding hydrogens is 314 g/mol. The summed E-state index contributed by atoms with van der Waals surface area (Å²) in [6.45, 7) is 11.9. The van der Waals surface area contributed by atoms with Crippen molar-refractivity contribution in [2.45, 2.75) is 39.8 Å². The number of morpholine rings is 1. The van der Waals surface area contributed by atoms with Crippen LogP contribution in [0.25, 0.3) is 0 Å². The monoisotopic (exact) mass is 347 g/mol. The number of nitrogens with zero attached hydrogens (tertiary/aromatic N) is 3. The molecule has 25 heavy (non-hydrogen) atoms. The molecule has 2 rings (SSSR count). The SMILES string of the molecule is CN=C(NCc1ncccc1C)NCC(CC(C)C)N1CCOCC1. The van der Waals surface area contributed by atoms with Gasteiger partial charge in [0.2, 0.25) is 0 Å². The van der Waals surface area contributed by atoms with Gasteiger partial charge >= 0.3 is 0 Å². The van der Waals surface area contributed by atoms with Crippen molar-refractivity contribution in [3.05, 3.63) is 29.6 Å². The second-order valence-corrected chi connectivity index (χ2v) is 7.01. The molecule has 1 aliphatic rings. The van der Waals surface area contributed by atoms with E-state index in [4.69, 9.17) is 4.74 Å². The first kappa shape index (κ1) is 19.7. The fourth-order valence-electron chi connectivity index (χ4n) is 3.15. The number of nitrogens with one attached hydrogen (secondary N) is 2. The van der Waals surface area contributed by atoms with Gasteiger partial charge in [0.15, 0.2) is 5.96 Å². The smallest absolute Gasteiger partial charge is 0.191 e. The Morgan fingerprint density at radius 1 is 1.32 bits per heavy atom. The number of ether oxygens (including phenoxy) is 1. The van der Waals surface area contributed by atoms with Crippen LogP contribution in [0.2, 0.25) is 0 Å². The summed E-state index contributed by atoms with van der Waals surface area (Å²) in [4.78, 5) is 11.3. The zero-order chi connectivity index (χ0) is 18.1. The Morgan fingerprint density at radius 3 is 2.72 bits per heavy atom. The number of aliphatic imine (C=N–C) groups is 1. The maximum absolute atomic E-state index is 5.50. The highest BCUT2D eigenvalue weighted by Crippen LogP contribution is 2.13. The highest BCUT2D eigenvalue weighted by molar-refractivity contribution is 5.79. The third kappa shape index (κ3) is 6.63. The summed E-state index contributed by atoms with van der Waals surface area (Å²) in [6.07, 6.45) is 3.00. The number of hydrogen-bond donors (Lipinski definition) is 2. The van der Waals surface area contributed by atoms with Gasteiger partial charge in [0, 0.05) is 38.9 Å². The van der Waals surface area contributed by atoms with Crippen LogP contribution in [0.1, 0.15) is 31.5 Å². The number of rotatable bonds is 7. The average molecular weight is 348 g/mol. The van der Waals surface area contributed by atoms with Gasteiger partial charge in [-0.25, -0.2) is 0 Å². The molecule has 1 saturated heterocycles. The van der Waals surface area contributed by atoms with Crippen molar-refractivity contribution in [2.75, 3.05) is 39.9 Å². The van der Waals surface area contributed by atoms with Crippen molar-refractivity contribution in [2.24, 2.45) is 10.9 Å². The normalized spacial score (nSPS) is 17.6. The van der Waals surface area contributed by atoms with Crippen LogP contribution in [0, 0.1) is 12.8 Å². The van der Waals surface area contributed by atoms with Gasteiger partial charge in [0.05, 0.1) is 25.5 Å². The van der Waals surface area contributed by atoms with Crippen LogP contribution >= 0.6 is 0 Å². The minimum Gasteiger partial charge on any atom is -0.379 e. The van der Waals surface area contributed by atoms with Crippen molar-refractivity contribution in [1.29, 1.82) is 0 Å². The zero-order valence-electron chi connectivity index (χ0n) is 16.1. The molecule has 1 unspecified atom stereocenters. The van der Waals surface area contributed by atoms with E-state index in [-0.39, 0.29) is 0 Å². The molecule has 1 aromatic rings. The summed E-state index contributed by atoms with van der Waals surface area (Å²) in [5.41, 5.74) is 2.24. The van der Waals surface area contributed by atoms with Gasteiger partial charge in [-0.15, -0.1) is 0 Å². The molecule has 1 atom stereocenters. The maximum atomic E-state index is 5.50. The zero-order valence-corrected chi connectivity index (χ0v) is 16.1. The first-order valence-electron chi connectivity index (χ1n) is 9.27. The molecule has 0 amide bonds. The van der Waals surface area contributed by atoms with E-state index >= 15 is 0 Å². The predicted octanol–water partition coefficient (Wildman–Crippen LogP) is 1.80. The molecule has 0 spiro atoms. The van der Waals surface area contributed by atoms with Crippen molar-refractivity contribution in [1.82, 2.24) is 20.5 Å². The van der Waals surface area contributed by atoms with Crippen molar-refractivity contribution in [3.63, 3.8) is 0 Å². The molecule has 1 aliphatic heterocycles. The Bertz CT molecular complexity index is 540. The number of guanidine groups is 1. The fourth-order valence-corrected chi connectivity index (χ4v) is 3.15. The van der Waals surface area contributed by atoms with Crippen LogP contribution in [0.15, 0.2) is 23.3 Å². The van der Waals surface area contributed by atoms with E-state index in [0.717, 1.165) is 44.5 Å². The van der Waals surface area contributed by atoms with Crippen LogP contribution < -0.4 is 10.6 Å². The van der Waals surface area contributed by atoms with E-state index in [1.165, 1.54) is 12.0 Å². The Balaban J connectivity index is 1.86. The number of hydrogen-bond acceptors (Lipinski definition) is 4. The predicted molar refractivity (Wildman–Crippen MR) is 103 cm³/mol. The quantitative estimate of drug-likeness (QED) is 0.582. The largest absolute Gasteiger partial charge is 0.379 e. The molecule has 2 heterocycles. The highest BCUT2D eigenvalue weighted by atomic mass is 16.5. The Hall–Kier alpha value is -1.66. The summed E-state index contributed by atoms with van der Waals surface area (Å²) >= 11 is 0. The fraction of sp³-hybridized carbons (Fsp3) is 0.684. The Labute approximate surface area is 152 Å². The summed E-state index contributed by atoms with van der Waals surface area (Å²) in [6, 6.07) is 4.54. The molecule has 0 aromatic carbocycles. The molecule has 1 fully saturated rings. The van der Waals surface area contributed by atoms with Gasteiger partial charge in [-0.3, -0.25) is 14.9 Å². The maximum Gasteiger partial charge on any atom is 0.191 e. The van der Waals surface area contributed by atoms with E-state index in [1.807, 2.05) is 19.3 Å². The molecule has 2 N–H and O–H groups in total. The van der Waals surface area contributed by atoms with Crippen LogP contribution in [0.4, 0.5) is 0 Å². The number of aryl methyl sites for hydroxylation is 1. The number of aromatic nitrogens is 1. The Kier molecular flexibility index (Phi) is 8.15. The van der Waals surface area contributed by atoms with Gasteiger partial charge in [-0.05, 0) is 30.9 Å². The van der Waals surface area contributed by atoms with Crippen LogP contribution in [0.5, 0.6) is 0 Å². The minimum atomic E-state index is 0.499. The van der Waals surface area contributed by atoms with Gasteiger partial charge < -0.3 is 15.4 Å². The first-order chi connectivity index (χ1) is 12.1. The lowest BCUT2D eigenvalue weighted by molar-refractivity contribution is 0.0132. The third-order valence-electron chi connectivity index (χ3n) is 4.58. The Morgan fingerprint density at radius 2 is 2.08 bits per heavy atom. The topological polar surface area (TPSA) is 61.8 Å². The highest BCUT2D eigenvalue weighted by Gasteiger charge is 2.22. The molecule has 1 aromatic heterocycles. The van der Waals surface area contributed by atoms with Gasteiger partial charge in [0.25, 0.3) is 0 Å². The molecule has 6 heteroatoms. The lowest BCUT2D eigenvalue weighted by Crippen LogP contribution is -2.51. The summed E-state index contributed by atoms with van der Waals surface area (Å²) in [5, 5.41) is 6.86. The molecule has 0 radical (unpaired) electrons. The molecule has 0 saturated carbocycles. The molecule has 0 aliphatic carbocycles. The van der Waals surface area contributed by atoms with Crippen LogP contribution in [0.3, 0.4) is 0 Å². The summed E-state index contributed by atoms with van der Waals surface area (Å²) in [7, 11) is 1.81. The van der Waals surface area contributed by atoms with E-state index in [2.05, 4.69) is 52.3 Å².